The van der Waals surface area contributed by atoms with Crippen molar-refractivity contribution in [3.63, 3.8) is 0 Å². The Morgan fingerprint density at radius 2 is 1.81 bits per heavy atom. The molecule has 0 aliphatic carbocycles. The van der Waals surface area contributed by atoms with Gasteiger partial charge >= 0.3 is 0 Å². The zero-order valence-electron chi connectivity index (χ0n) is 23.5. The van der Waals surface area contributed by atoms with Crippen LogP contribution in [0.2, 0.25) is 0 Å². The molecule has 6 aromatic rings. The third kappa shape index (κ3) is 4.76. The van der Waals surface area contributed by atoms with Crippen LogP contribution in [0.5, 0.6) is 0 Å². The largest absolute Gasteiger partial charge is 0.385 e. The average Bonchev–Trinajstić information content (AvgIpc) is 3.66. The summed E-state index contributed by atoms with van der Waals surface area (Å²) >= 11 is 0. The van der Waals surface area contributed by atoms with Crippen LogP contribution in [0.25, 0.3) is 27.6 Å². The third-order valence-corrected chi connectivity index (χ3v) is 9.05. The Labute approximate surface area is 242 Å². The maximum atomic E-state index is 14.1. The first-order chi connectivity index (χ1) is 20.2. The molecule has 0 fully saturated rings. The maximum Gasteiger partial charge on any atom is 0.268 e. The lowest BCUT2D eigenvalue weighted by atomic mass is 10.1. The van der Waals surface area contributed by atoms with Gasteiger partial charge in [-0.15, -0.1) is 0 Å². The molecule has 0 unspecified atom stereocenters. The Morgan fingerprint density at radius 3 is 2.57 bits per heavy atom. The van der Waals surface area contributed by atoms with E-state index in [0.717, 1.165) is 38.4 Å². The molecule has 0 aliphatic rings. The number of hydrogen-bond donors (Lipinski definition) is 2. The van der Waals surface area contributed by atoms with Crippen LogP contribution in [0, 0.1) is 13.8 Å². The van der Waals surface area contributed by atoms with E-state index >= 15 is 0 Å². The standard InChI is InChI=1S/C31H30N6O4S/c1-19-6-11-24(12-7-19)42(39,40)37-28-15-21(5-4-14-41-3)8-9-22(28)16-29(37)30(38)25-18-33-36(31(25)32)23-10-13-26-27(17-23)35-20(2)34-26/h6-13,15-18H,4-5,14,32H2,1-3H3,(H,34,35). The number of carbonyl (C=O) groups is 1. The number of aromatic amines is 1. The van der Waals surface area contributed by atoms with Crippen LogP contribution in [-0.2, 0) is 21.2 Å². The Hall–Kier alpha value is -4.74. The van der Waals surface area contributed by atoms with Crippen molar-refractivity contribution in [2.45, 2.75) is 31.6 Å². The highest BCUT2D eigenvalue weighted by Gasteiger charge is 2.29. The molecular formula is C31H30N6O4S. The van der Waals surface area contributed by atoms with Crippen molar-refractivity contribution in [2.75, 3.05) is 19.5 Å². The van der Waals surface area contributed by atoms with E-state index in [1.54, 1.807) is 37.4 Å². The highest BCUT2D eigenvalue weighted by atomic mass is 32.2. The minimum Gasteiger partial charge on any atom is -0.385 e. The highest BCUT2D eigenvalue weighted by molar-refractivity contribution is 7.90. The van der Waals surface area contributed by atoms with Gasteiger partial charge in [0, 0.05) is 19.1 Å². The number of H-pyrrole nitrogens is 1. The fourth-order valence-electron chi connectivity index (χ4n) is 5.16. The van der Waals surface area contributed by atoms with Crippen molar-refractivity contribution >= 4 is 43.6 Å². The number of nitrogens with two attached hydrogens (primary N) is 1. The number of anilines is 1. The number of hydrogen-bond acceptors (Lipinski definition) is 7. The van der Waals surface area contributed by atoms with Gasteiger partial charge in [-0.25, -0.2) is 22.1 Å². The summed E-state index contributed by atoms with van der Waals surface area (Å²) in [5.74, 6) is 0.321. The van der Waals surface area contributed by atoms with Gasteiger partial charge in [0.1, 0.15) is 17.3 Å². The lowest BCUT2D eigenvalue weighted by Gasteiger charge is -2.12. The van der Waals surface area contributed by atoms with Crippen molar-refractivity contribution in [1.29, 1.82) is 0 Å². The first-order valence-electron chi connectivity index (χ1n) is 13.5. The molecule has 0 saturated carbocycles. The Morgan fingerprint density at radius 1 is 1.02 bits per heavy atom. The van der Waals surface area contributed by atoms with Crippen molar-refractivity contribution in [3.8, 4) is 5.69 Å². The van der Waals surface area contributed by atoms with Crippen molar-refractivity contribution in [2.24, 2.45) is 0 Å². The van der Waals surface area contributed by atoms with E-state index in [0.29, 0.717) is 29.6 Å². The molecule has 3 aromatic carbocycles. The summed E-state index contributed by atoms with van der Waals surface area (Å²) in [6.07, 6.45) is 2.85. The molecule has 10 nitrogen and oxygen atoms in total. The molecule has 0 aliphatic heterocycles. The van der Waals surface area contributed by atoms with Crippen LogP contribution < -0.4 is 5.73 Å². The smallest absolute Gasteiger partial charge is 0.268 e. The van der Waals surface area contributed by atoms with E-state index in [9.17, 15) is 13.2 Å². The van der Waals surface area contributed by atoms with Crippen LogP contribution >= 0.6 is 0 Å². The molecule has 0 amide bonds. The van der Waals surface area contributed by atoms with Crippen LogP contribution in [0.15, 0.2) is 77.8 Å². The summed E-state index contributed by atoms with van der Waals surface area (Å²) in [6, 6.07) is 19.2. The van der Waals surface area contributed by atoms with Gasteiger partial charge in [-0.2, -0.15) is 5.10 Å². The minimum absolute atomic E-state index is 0.0227. The van der Waals surface area contributed by atoms with Gasteiger partial charge in [0.2, 0.25) is 5.78 Å². The summed E-state index contributed by atoms with van der Waals surface area (Å²) < 4.78 is 36.0. The predicted molar refractivity (Wildman–Crippen MR) is 162 cm³/mol. The number of rotatable bonds is 9. The summed E-state index contributed by atoms with van der Waals surface area (Å²) in [5.41, 5.74) is 11.1. The Kier molecular flexibility index (Phi) is 6.91. The van der Waals surface area contributed by atoms with Gasteiger partial charge in [0.25, 0.3) is 10.0 Å². The van der Waals surface area contributed by atoms with Crippen LogP contribution in [-0.4, -0.2) is 51.6 Å². The second-order valence-corrected chi connectivity index (χ2v) is 12.1. The fraction of sp³-hybridized carbons (Fsp3) is 0.194. The van der Waals surface area contributed by atoms with E-state index in [-0.39, 0.29) is 22.0 Å². The molecule has 6 rings (SSSR count). The number of nitrogen functional groups attached to an aromatic ring is 1. The summed E-state index contributed by atoms with van der Waals surface area (Å²) in [6.45, 7) is 4.33. The predicted octanol–water partition coefficient (Wildman–Crippen LogP) is 4.95. The number of ether oxygens (including phenoxy) is 1. The number of aromatic nitrogens is 5. The summed E-state index contributed by atoms with van der Waals surface area (Å²) in [4.78, 5) is 21.8. The molecule has 0 spiro atoms. The van der Waals surface area contributed by atoms with Gasteiger partial charge in [-0.05, 0) is 74.7 Å². The minimum atomic E-state index is -4.15. The number of methoxy groups -OCH3 is 1. The fourth-order valence-corrected chi connectivity index (χ4v) is 6.67. The number of nitrogens with zero attached hydrogens (tertiary/aromatic N) is 4. The maximum absolute atomic E-state index is 14.1. The molecule has 0 radical (unpaired) electrons. The quantitative estimate of drug-likeness (QED) is 0.182. The van der Waals surface area contributed by atoms with Gasteiger partial charge in [-0.1, -0.05) is 29.8 Å². The normalized spacial score (nSPS) is 12.0. The molecule has 42 heavy (non-hydrogen) atoms. The van der Waals surface area contributed by atoms with Crippen LogP contribution in [0.1, 0.15) is 39.4 Å². The molecule has 214 valence electrons. The summed E-state index contributed by atoms with van der Waals surface area (Å²) in [5, 5.41) is 5.00. The Balaban J connectivity index is 1.48. The molecule has 0 atom stereocenters. The van der Waals surface area contributed by atoms with Gasteiger partial charge in [-0.3, -0.25) is 4.79 Å². The highest BCUT2D eigenvalue weighted by Crippen LogP contribution is 2.30. The lowest BCUT2D eigenvalue weighted by molar-refractivity contribution is 0.103. The molecule has 0 saturated heterocycles. The van der Waals surface area contributed by atoms with Crippen molar-refractivity contribution < 1.29 is 17.9 Å². The zero-order chi connectivity index (χ0) is 29.6. The van der Waals surface area contributed by atoms with E-state index < -0.39 is 15.8 Å². The van der Waals surface area contributed by atoms with Gasteiger partial charge < -0.3 is 15.5 Å². The average molecular weight is 583 g/mol. The SMILES string of the molecule is COCCCc1ccc2cc(C(=O)c3cnn(-c4ccc5nc(C)[nH]c5c4)c3N)n(S(=O)(=O)c3ccc(C)cc3)c2c1. The van der Waals surface area contributed by atoms with Gasteiger partial charge in [0.05, 0.1) is 38.9 Å². The van der Waals surface area contributed by atoms with E-state index in [2.05, 4.69) is 15.1 Å². The van der Waals surface area contributed by atoms with Crippen molar-refractivity contribution in [3.05, 3.63) is 101 Å². The van der Waals surface area contributed by atoms with Crippen molar-refractivity contribution in [1.82, 2.24) is 23.7 Å². The molecule has 3 N–H and O–H groups in total. The summed E-state index contributed by atoms with van der Waals surface area (Å²) in [7, 11) is -2.51. The number of ketones is 1. The number of benzene rings is 3. The number of imidazole rings is 1. The molecule has 11 heteroatoms. The number of nitrogens with one attached hydrogen (secondary N) is 1. The van der Waals surface area contributed by atoms with Crippen LogP contribution in [0.4, 0.5) is 5.82 Å². The first-order valence-corrected chi connectivity index (χ1v) is 14.9. The first kappa shape index (κ1) is 27.4. The Bertz CT molecular complexity index is 2070. The number of fused-ring (bicyclic) bond motifs is 2. The van der Waals surface area contributed by atoms with E-state index in [1.165, 1.54) is 10.9 Å². The number of aryl methyl sites for hydroxylation is 3. The monoisotopic (exact) mass is 582 g/mol. The molecule has 3 aromatic heterocycles. The molecule has 0 bridgehead atoms. The van der Waals surface area contributed by atoms with E-state index in [1.807, 2.05) is 50.2 Å². The second-order valence-electron chi connectivity index (χ2n) is 10.3. The molecule has 3 heterocycles. The molecular weight excluding hydrogens is 552 g/mol. The third-order valence-electron chi connectivity index (χ3n) is 7.31. The van der Waals surface area contributed by atoms with Gasteiger partial charge in [0.15, 0.2) is 0 Å². The van der Waals surface area contributed by atoms with E-state index in [4.69, 9.17) is 10.5 Å². The number of carbonyl (C=O) groups excluding carboxylic acids is 1. The lowest BCUT2D eigenvalue weighted by Crippen LogP contribution is -2.19. The zero-order valence-corrected chi connectivity index (χ0v) is 24.3. The van der Waals surface area contributed by atoms with Crippen LogP contribution in [0.3, 0.4) is 0 Å². The topological polar surface area (TPSA) is 138 Å². The second kappa shape index (κ2) is 10.6.